The molecular weight excluding hydrogens is 491 g/mol. The van der Waals surface area contributed by atoms with Crippen LogP contribution in [0.2, 0.25) is 0 Å². The van der Waals surface area contributed by atoms with E-state index in [4.69, 9.17) is 9.47 Å². The molecule has 2 N–H and O–H groups in total. The number of nitrogens with zero attached hydrogens (tertiary/aromatic N) is 2. The van der Waals surface area contributed by atoms with Crippen molar-refractivity contribution in [2.45, 2.75) is 13.0 Å². The summed E-state index contributed by atoms with van der Waals surface area (Å²) in [6.07, 6.45) is 0. The first-order chi connectivity index (χ1) is 14.3. The lowest BCUT2D eigenvalue weighted by molar-refractivity contribution is 0.0170. The van der Waals surface area contributed by atoms with E-state index in [-0.39, 0.29) is 30.0 Å². The fraction of sp³-hybridized carbons (Fsp3) is 0.435. The second-order valence-electron chi connectivity index (χ2n) is 7.12. The van der Waals surface area contributed by atoms with Gasteiger partial charge in [-0.05, 0) is 24.6 Å². The summed E-state index contributed by atoms with van der Waals surface area (Å²) in [7, 11) is 1.80. The largest absolute Gasteiger partial charge is 0.492 e. The highest BCUT2D eigenvalue weighted by Gasteiger charge is 2.23. The number of hydrogen-bond acceptors (Lipinski definition) is 4. The van der Waals surface area contributed by atoms with E-state index in [0.29, 0.717) is 13.2 Å². The molecule has 0 bridgehead atoms. The van der Waals surface area contributed by atoms with Crippen LogP contribution in [0.25, 0.3) is 0 Å². The van der Waals surface area contributed by atoms with Crippen molar-refractivity contribution in [1.82, 2.24) is 15.5 Å². The van der Waals surface area contributed by atoms with Crippen molar-refractivity contribution < 1.29 is 9.47 Å². The maximum absolute atomic E-state index is 5.74. The van der Waals surface area contributed by atoms with E-state index in [0.717, 1.165) is 44.6 Å². The third-order valence-corrected chi connectivity index (χ3v) is 5.01. The number of hydrogen-bond donors (Lipinski definition) is 2. The molecule has 1 unspecified atom stereocenters. The van der Waals surface area contributed by atoms with E-state index in [1.165, 1.54) is 11.1 Å². The standard InChI is InChI=1S/C23H32N4O2.HI/c1-19-7-6-8-20(17-19)22(27-12-15-28-16-13-27)18-26-23(24-2)25-11-14-29-21-9-4-3-5-10-21;/h3-10,17,22H,11-16,18H2,1-2H3,(H2,24,25,26);1H. The first-order valence-corrected chi connectivity index (χ1v) is 10.3. The molecule has 1 fully saturated rings. The number of morpholine rings is 1. The summed E-state index contributed by atoms with van der Waals surface area (Å²) in [5.41, 5.74) is 2.60. The van der Waals surface area contributed by atoms with Crippen molar-refractivity contribution in [3.63, 3.8) is 0 Å². The molecule has 1 saturated heterocycles. The Morgan fingerprint density at radius 3 is 2.57 bits per heavy atom. The number of guanidine groups is 1. The Kier molecular flexibility index (Phi) is 11.0. The highest BCUT2D eigenvalue weighted by atomic mass is 127. The van der Waals surface area contributed by atoms with E-state index in [9.17, 15) is 0 Å². The van der Waals surface area contributed by atoms with Gasteiger partial charge in [-0.25, -0.2) is 0 Å². The zero-order valence-electron chi connectivity index (χ0n) is 17.8. The second kappa shape index (κ2) is 13.5. The van der Waals surface area contributed by atoms with Gasteiger partial charge in [-0.1, -0.05) is 48.0 Å². The number of ether oxygens (including phenoxy) is 2. The van der Waals surface area contributed by atoms with Crippen LogP contribution in [0, 0.1) is 6.92 Å². The third kappa shape index (κ3) is 7.77. The summed E-state index contributed by atoms with van der Waals surface area (Å²) < 4.78 is 11.3. The Balaban J connectivity index is 0.00000320. The van der Waals surface area contributed by atoms with Crippen molar-refractivity contribution in [1.29, 1.82) is 0 Å². The molecule has 2 aromatic rings. The summed E-state index contributed by atoms with van der Waals surface area (Å²) in [5.74, 6) is 1.66. The Morgan fingerprint density at radius 1 is 1.10 bits per heavy atom. The quantitative estimate of drug-likeness (QED) is 0.241. The molecule has 0 aromatic heterocycles. The van der Waals surface area contributed by atoms with Gasteiger partial charge in [-0.3, -0.25) is 9.89 Å². The van der Waals surface area contributed by atoms with E-state index in [1.807, 2.05) is 30.3 Å². The highest BCUT2D eigenvalue weighted by Crippen LogP contribution is 2.22. The second-order valence-corrected chi connectivity index (χ2v) is 7.12. The Morgan fingerprint density at radius 2 is 1.87 bits per heavy atom. The predicted octanol–water partition coefficient (Wildman–Crippen LogP) is 3.23. The lowest BCUT2D eigenvalue weighted by Crippen LogP contribution is -2.46. The molecule has 3 rings (SSSR count). The maximum Gasteiger partial charge on any atom is 0.191 e. The molecule has 0 radical (unpaired) electrons. The molecule has 1 aliphatic rings. The van der Waals surface area contributed by atoms with Gasteiger partial charge in [0.15, 0.2) is 5.96 Å². The Bertz CT molecular complexity index is 767. The number of aliphatic imine (C=N–C) groups is 1. The van der Waals surface area contributed by atoms with Crippen molar-refractivity contribution in [2.24, 2.45) is 4.99 Å². The van der Waals surface area contributed by atoms with Crippen molar-refractivity contribution in [3.8, 4) is 5.75 Å². The molecule has 0 amide bonds. The molecule has 1 heterocycles. The Labute approximate surface area is 197 Å². The smallest absolute Gasteiger partial charge is 0.191 e. The van der Waals surface area contributed by atoms with Crippen LogP contribution in [0.15, 0.2) is 59.6 Å². The lowest BCUT2D eigenvalue weighted by Gasteiger charge is -2.35. The van der Waals surface area contributed by atoms with Crippen LogP contribution in [0.5, 0.6) is 5.75 Å². The van der Waals surface area contributed by atoms with Gasteiger partial charge in [0.1, 0.15) is 12.4 Å². The van der Waals surface area contributed by atoms with Crippen molar-refractivity contribution in [3.05, 3.63) is 65.7 Å². The average Bonchev–Trinajstić information content (AvgIpc) is 2.77. The minimum Gasteiger partial charge on any atom is -0.492 e. The molecule has 164 valence electrons. The first-order valence-electron chi connectivity index (χ1n) is 10.3. The zero-order valence-corrected chi connectivity index (χ0v) is 20.2. The van der Waals surface area contributed by atoms with Crippen LogP contribution in [0.4, 0.5) is 0 Å². The van der Waals surface area contributed by atoms with Crippen LogP contribution in [0.1, 0.15) is 17.2 Å². The number of aryl methyl sites for hydroxylation is 1. The monoisotopic (exact) mass is 524 g/mol. The minimum absolute atomic E-state index is 0. The molecule has 7 heteroatoms. The number of rotatable bonds is 8. The number of nitrogens with one attached hydrogen (secondary N) is 2. The summed E-state index contributed by atoms with van der Waals surface area (Å²) >= 11 is 0. The normalized spacial score (nSPS) is 15.7. The molecule has 0 saturated carbocycles. The topological polar surface area (TPSA) is 58.1 Å². The van der Waals surface area contributed by atoms with Crippen LogP contribution < -0.4 is 15.4 Å². The van der Waals surface area contributed by atoms with Crippen LogP contribution in [-0.2, 0) is 4.74 Å². The summed E-state index contributed by atoms with van der Waals surface area (Å²) in [6, 6.07) is 18.9. The molecule has 1 aliphatic heterocycles. The molecule has 2 aromatic carbocycles. The van der Waals surface area contributed by atoms with Gasteiger partial charge >= 0.3 is 0 Å². The van der Waals surface area contributed by atoms with Gasteiger partial charge in [0.2, 0.25) is 0 Å². The molecule has 30 heavy (non-hydrogen) atoms. The summed E-state index contributed by atoms with van der Waals surface area (Å²) in [5, 5.41) is 6.82. The molecule has 0 aliphatic carbocycles. The number of para-hydroxylation sites is 1. The van der Waals surface area contributed by atoms with Crippen molar-refractivity contribution in [2.75, 3.05) is 53.0 Å². The van der Waals surface area contributed by atoms with Gasteiger partial charge in [-0.2, -0.15) is 0 Å². The Hall–Kier alpha value is -1.84. The summed E-state index contributed by atoms with van der Waals surface area (Å²) in [4.78, 5) is 6.84. The SMILES string of the molecule is CN=C(NCCOc1ccccc1)NCC(c1cccc(C)c1)N1CCOCC1.I. The van der Waals surface area contributed by atoms with Gasteiger partial charge in [0.25, 0.3) is 0 Å². The zero-order chi connectivity index (χ0) is 20.3. The molecule has 6 nitrogen and oxygen atoms in total. The van der Waals surface area contributed by atoms with Crippen LogP contribution >= 0.6 is 24.0 Å². The first kappa shape index (κ1) is 24.4. The van der Waals surface area contributed by atoms with Gasteiger partial charge in [0, 0.05) is 26.7 Å². The number of halogens is 1. The van der Waals surface area contributed by atoms with Gasteiger partial charge in [0.05, 0.1) is 25.8 Å². The fourth-order valence-corrected chi connectivity index (χ4v) is 3.49. The van der Waals surface area contributed by atoms with Crippen molar-refractivity contribution >= 4 is 29.9 Å². The van der Waals surface area contributed by atoms with Gasteiger partial charge < -0.3 is 20.1 Å². The highest BCUT2D eigenvalue weighted by molar-refractivity contribution is 14.0. The van der Waals surface area contributed by atoms with E-state index in [2.05, 4.69) is 51.7 Å². The lowest BCUT2D eigenvalue weighted by atomic mass is 10.0. The summed E-state index contributed by atoms with van der Waals surface area (Å²) in [6.45, 7) is 7.63. The van der Waals surface area contributed by atoms with E-state index < -0.39 is 0 Å². The number of benzene rings is 2. The molecular formula is C23H33IN4O2. The predicted molar refractivity (Wildman–Crippen MR) is 133 cm³/mol. The van der Waals surface area contributed by atoms with E-state index in [1.54, 1.807) is 7.05 Å². The fourth-order valence-electron chi connectivity index (χ4n) is 3.49. The van der Waals surface area contributed by atoms with E-state index >= 15 is 0 Å². The van der Waals surface area contributed by atoms with Crippen LogP contribution in [-0.4, -0.2) is 63.9 Å². The van der Waals surface area contributed by atoms with Crippen LogP contribution in [0.3, 0.4) is 0 Å². The third-order valence-electron chi connectivity index (χ3n) is 5.01. The van der Waals surface area contributed by atoms with Gasteiger partial charge in [-0.15, -0.1) is 24.0 Å². The maximum atomic E-state index is 5.74. The molecule has 1 atom stereocenters. The minimum atomic E-state index is 0. The average molecular weight is 524 g/mol. The molecule has 0 spiro atoms.